The van der Waals surface area contributed by atoms with Gasteiger partial charge in [0.05, 0.1) is 6.33 Å². The highest BCUT2D eigenvalue weighted by Gasteiger charge is 2.18. The maximum atomic E-state index is 11.7. The number of carbonyl (C=O) groups is 1. The van der Waals surface area contributed by atoms with Crippen molar-refractivity contribution in [1.29, 1.82) is 0 Å². The first-order chi connectivity index (χ1) is 7.50. The largest absolute Gasteiger partial charge is 0.352 e. The third-order valence-corrected chi connectivity index (χ3v) is 2.63. The average molecular weight is 297 g/mol. The van der Waals surface area contributed by atoms with Gasteiger partial charge in [0.15, 0.2) is 0 Å². The minimum atomic E-state index is -0.162. The van der Waals surface area contributed by atoms with Gasteiger partial charge in [-0.25, -0.2) is 4.98 Å². The van der Waals surface area contributed by atoms with Gasteiger partial charge >= 0.3 is 0 Å². The molecule has 1 aromatic rings. The van der Waals surface area contributed by atoms with Crippen LogP contribution in [0.5, 0.6) is 0 Å². The van der Waals surface area contributed by atoms with E-state index in [-0.39, 0.29) is 48.7 Å². The van der Waals surface area contributed by atoms with Crippen LogP contribution in [0.3, 0.4) is 0 Å². The number of hydrogen-bond donors (Lipinski definition) is 2. The highest BCUT2D eigenvalue weighted by atomic mass is 35.5. The van der Waals surface area contributed by atoms with E-state index < -0.39 is 0 Å². The lowest BCUT2D eigenvalue weighted by molar-refractivity contribution is -0.125. The van der Waals surface area contributed by atoms with Crippen molar-refractivity contribution in [1.82, 2.24) is 14.9 Å². The first kappa shape index (κ1) is 19.6. The number of halogens is 2. The molecule has 3 atom stereocenters. The van der Waals surface area contributed by atoms with E-state index in [1.54, 1.807) is 12.5 Å². The highest BCUT2D eigenvalue weighted by Crippen LogP contribution is 2.01. The van der Waals surface area contributed by atoms with Crippen LogP contribution in [0.2, 0.25) is 0 Å². The van der Waals surface area contributed by atoms with E-state index in [2.05, 4.69) is 10.3 Å². The van der Waals surface area contributed by atoms with Crippen LogP contribution in [0, 0.1) is 5.92 Å². The summed E-state index contributed by atoms with van der Waals surface area (Å²) in [5.41, 5.74) is 5.67. The van der Waals surface area contributed by atoms with Gasteiger partial charge in [0.2, 0.25) is 5.91 Å². The van der Waals surface area contributed by atoms with E-state index in [9.17, 15) is 4.79 Å². The van der Waals surface area contributed by atoms with Crippen LogP contribution in [0.15, 0.2) is 18.7 Å². The van der Waals surface area contributed by atoms with Crippen LogP contribution in [0.1, 0.15) is 20.8 Å². The van der Waals surface area contributed by atoms with Crippen molar-refractivity contribution in [2.24, 2.45) is 11.7 Å². The summed E-state index contributed by atoms with van der Waals surface area (Å²) >= 11 is 0. The second kappa shape index (κ2) is 9.19. The Labute approximate surface area is 120 Å². The molecule has 0 bridgehead atoms. The van der Waals surface area contributed by atoms with Crippen LogP contribution in [0.4, 0.5) is 0 Å². The summed E-state index contributed by atoms with van der Waals surface area (Å²) in [6.07, 6.45) is 5.33. The van der Waals surface area contributed by atoms with Crippen molar-refractivity contribution in [3.05, 3.63) is 18.7 Å². The molecule has 0 aromatic carbocycles. The van der Waals surface area contributed by atoms with E-state index >= 15 is 0 Å². The van der Waals surface area contributed by atoms with E-state index in [0.29, 0.717) is 0 Å². The molecule has 0 fully saturated rings. The lowest BCUT2D eigenvalue weighted by Crippen LogP contribution is -2.43. The van der Waals surface area contributed by atoms with Crippen molar-refractivity contribution in [2.45, 2.75) is 39.4 Å². The maximum Gasteiger partial charge on any atom is 0.224 e. The fraction of sp³-hybridized carbons (Fsp3) is 0.636. The number of hydrogen-bond acceptors (Lipinski definition) is 3. The van der Waals surface area contributed by atoms with Gasteiger partial charge in [-0.3, -0.25) is 4.79 Å². The van der Waals surface area contributed by atoms with Crippen molar-refractivity contribution in [3.8, 4) is 0 Å². The van der Waals surface area contributed by atoms with E-state index in [1.165, 1.54) is 0 Å². The molecule has 0 saturated carbocycles. The van der Waals surface area contributed by atoms with Crippen molar-refractivity contribution < 1.29 is 4.79 Å². The first-order valence-electron chi connectivity index (χ1n) is 5.52. The van der Waals surface area contributed by atoms with Crippen LogP contribution in [-0.2, 0) is 11.3 Å². The molecule has 0 aliphatic carbocycles. The maximum absolute atomic E-state index is 11.7. The molecule has 18 heavy (non-hydrogen) atoms. The summed E-state index contributed by atoms with van der Waals surface area (Å²) in [4.78, 5) is 15.7. The van der Waals surface area contributed by atoms with Gasteiger partial charge in [0.1, 0.15) is 0 Å². The highest BCUT2D eigenvalue weighted by molar-refractivity contribution is 5.85. The Kier molecular flexibility index (Phi) is 9.99. The van der Waals surface area contributed by atoms with Gasteiger partial charge < -0.3 is 15.6 Å². The fourth-order valence-corrected chi connectivity index (χ4v) is 1.37. The molecule has 1 aromatic heterocycles. The molecule has 0 radical (unpaired) electrons. The first-order valence-corrected chi connectivity index (χ1v) is 5.52. The summed E-state index contributed by atoms with van der Waals surface area (Å²) in [5, 5.41) is 2.93. The molecule has 0 aliphatic rings. The minimum absolute atomic E-state index is 0. The minimum Gasteiger partial charge on any atom is -0.352 e. The van der Waals surface area contributed by atoms with E-state index in [1.807, 2.05) is 31.5 Å². The van der Waals surface area contributed by atoms with Crippen LogP contribution >= 0.6 is 24.8 Å². The Hall–Kier alpha value is -0.780. The second-order valence-electron chi connectivity index (χ2n) is 4.32. The fourth-order valence-electron chi connectivity index (χ4n) is 1.37. The van der Waals surface area contributed by atoms with E-state index in [0.717, 1.165) is 6.54 Å². The summed E-state index contributed by atoms with van der Waals surface area (Å²) in [6.45, 7) is 6.36. The van der Waals surface area contributed by atoms with Crippen molar-refractivity contribution in [3.63, 3.8) is 0 Å². The number of imidazole rings is 1. The number of nitrogens with two attached hydrogens (primary N) is 1. The summed E-state index contributed by atoms with van der Waals surface area (Å²) < 4.78 is 1.93. The molecule has 1 heterocycles. The molecule has 106 valence electrons. The zero-order chi connectivity index (χ0) is 12.1. The summed E-state index contributed by atoms with van der Waals surface area (Å²) in [5.74, 6) is -0.159. The third-order valence-electron chi connectivity index (χ3n) is 2.63. The molecule has 0 spiro atoms. The van der Waals surface area contributed by atoms with Crippen molar-refractivity contribution in [2.75, 3.05) is 0 Å². The summed E-state index contributed by atoms with van der Waals surface area (Å²) in [6, 6.07) is -0.0525. The molecular weight excluding hydrogens is 275 g/mol. The molecule has 0 saturated heterocycles. The normalized spacial score (nSPS) is 14.7. The molecule has 1 amide bonds. The Balaban J connectivity index is 0. The SMILES string of the molecule is CC(Cn1ccnc1)NC(=O)C(C)C(C)N.Cl.Cl. The quantitative estimate of drug-likeness (QED) is 0.858. The Morgan fingerprint density at radius 2 is 2.00 bits per heavy atom. The number of nitrogens with one attached hydrogen (secondary N) is 1. The van der Waals surface area contributed by atoms with Crippen LogP contribution in [-0.4, -0.2) is 27.5 Å². The van der Waals surface area contributed by atoms with Gasteiger partial charge in [0, 0.05) is 36.9 Å². The Morgan fingerprint density at radius 1 is 1.39 bits per heavy atom. The Morgan fingerprint density at radius 3 is 2.44 bits per heavy atom. The van der Waals surface area contributed by atoms with Gasteiger partial charge in [0.25, 0.3) is 0 Å². The van der Waals surface area contributed by atoms with Crippen molar-refractivity contribution >= 4 is 30.7 Å². The van der Waals surface area contributed by atoms with Gasteiger partial charge in [-0.05, 0) is 13.8 Å². The van der Waals surface area contributed by atoms with Gasteiger partial charge in [-0.2, -0.15) is 0 Å². The number of amides is 1. The lowest BCUT2D eigenvalue weighted by Gasteiger charge is -2.19. The third kappa shape index (κ3) is 6.23. The zero-order valence-corrected chi connectivity index (χ0v) is 12.5. The lowest BCUT2D eigenvalue weighted by atomic mass is 10.0. The standard InChI is InChI=1S/C11H20N4O.2ClH/c1-8(6-15-5-4-13-7-15)14-11(16)9(2)10(3)12;;/h4-5,7-10H,6,12H2,1-3H3,(H,14,16);2*1H. The average Bonchev–Trinajstić information content (AvgIpc) is 2.68. The smallest absolute Gasteiger partial charge is 0.224 e. The summed E-state index contributed by atoms with van der Waals surface area (Å²) in [7, 11) is 0. The molecule has 0 aliphatic heterocycles. The number of carbonyl (C=O) groups excluding carboxylic acids is 1. The predicted octanol–water partition coefficient (Wildman–Crippen LogP) is 1.21. The molecular formula is C11H22Cl2N4O. The number of nitrogens with zero attached hydrogens (tertiary/aromatic N) is 2. The second-order valence-corrected chi connectivity index (χ2v) is 4.32. The van der Waals surface area contributed by atoms with Crippen LogP contribution in [0.25, 0.3) is 0 Å². The monoisotopic (exact) mass is 296 g/mol. The molecule has 3 unspecified atom stereocenters. The predicted molar refractivity (Wildman–Crippen MR) is 77.1 cm³/mol. The molecule has 3 N–H and O–H groups in total. The van der Waals surface area contributed by atoms with Crippen LogP contribution < -0.4 is 11.1 Å². The molecule has 7 heteroatoms. The zero-order valence-electron chi connectivity index (χ0n) is 10.9. The molecule has 1 rings (SSSR count). The topological polar surface area (TPSA) is 72.9 Å². The Bertz CT molecular complexity index is 330. The van der Waals surface area contributed by atoms with Gasteiger partial charge in [-0.1, -0.05) is 6.92 Å². The number of rotatable bonds is 5. The molecule has 5 nitrogen and oxygen atoms in total. The van der Waals surface area contributed by atoms with Gasteiger partial charge in [-0.15, -0.1) is 24.8 Å². The van der Waals surface area contributed by atoms with E-state index in [4.69, 9.17) is 5.73 Å². The number of aromatic nitrogens is 2.